The van der Waals surface area contributed by atoms with Crippen LogP contribution in [0.25, 0.3) is 0 Å². The van der Waals surface area contributed by atoms with Gasteiger partial charge in [-0.2, -0.15) is 0 Å². The van der Waals surface area contributed by atoms with Crippen LogP contribution in [0.3, 0.4) is 0 Å². The molecule has 1 amide bonds. The molecule has 80 valence electrons. The van der Waals surface area contributed by atoms with E-state index < -0.39 is 0 Å². The minimum Gasteiger partial charge on any atom is -0.410 e. The zero-order valence-electron chi connectivity index (χ0n) is 8.01. The molecule has 15 heavy (non-hydrogen) atoms. The average Bonchev–Trinajstić information content (AvgIpc) is 2.71. The molecule has 1 aromatic rings. The van der Waals surface area contributed by atoms with Crippen LogP contribution in [0.15, 0.2) is 30.3 Å². The number of thioether (sulfide) groups is 2. The van der Waals surface area contributed by atoms with Gasteiger partial charge in [0.25, 0.3) is 0 Å². The molecule has 1 fully saturated rings. The van der Waals surface area contributed by atoms with E-state index in [0.29, 0.717) is 5.75 Å². The van der Waals surface area contributed by atoms with Crippen molar-refractivity contribution in [1.29, 1.82) is 0 Å². The molecule has 3 nitrogen and oxygen atoms in total. The third kappa shape index (κ3) is 3.35. The van der Waals surface area contributed by atoms with Crippen molar-refractivity contribution in [2.24, 2.45) is 0 Å². The first-order valence-corrected chi connectivity index (χ1v) is 6.71. The van der Waals surface area contributed by atoms with Crippen molar-refractivity contribution in [2.75, 3.05) is 11.5 Å². The van der Waals surface area contributed by atoms with Crippen LogP contribution in [0.1, 0.15) is 0 Å². The fraction of sp³-hybridized carbons (Fsp3) is 0.300. The summed E-state index contributed by atoms with van der Waals surface area (Å²) >= 11 is 3.46. The molecule has 0 aliphatic carbocycles. The van der Waals surface area contributed by atoms with Crippen LogP contribution in [0.5, 0.6) is 5.75 Å². The van der Waals surface area contributed by atoms with Crippen LogP contribution in [0, 0.1) is 0 Å². The maximum Gasteiger partial charge on any atom is 0.414 e. The number of rotatable bonds is 2. The van der Waals surface area contributed by atoms with Gasteiger partial charge in [0.1, 0.15) is 10.5 Å². The largest absolute Gasteiger partial charge is 0.414 e. The lowest BCUT2D eigenvalue weighted by molar-refractivity contribution is 0.202. The zero-order chi connectivity index (χ0) is 10.5. The van der Waals surface area contributed by atoms with Crippen LogP contribution in [-0.2, 0) is 0 Å². The Balaban J connectivity index is 1.82. The molecule has 0 atom stereocenters. The topological polar surface area (TPSA) is 38.3 Å². The van der Waals surface area contributed by atoms with Crippen LogP contribution in [-0.4, -0.2) is 22.3 Å². The molecule has 0 spiro atoms. The summed E-state index contributed by atoms with van der Waals surface area (Å²) in [5.41, 5.74) is 0. The third-order valence-electron chi connectivity index (χ3n) is 1.81. The van der Waals surface area contributed by atoms with Crippen molar-refractivity contribution in [1.82, 2.24) is 5.32 Å². The number of nitrogens with one attached hydrogen (secondary N) is 1. The van der Waals surface area contributed by atoms with E-state index in [2.05, 4.69) is 5.32 Å². The molecule has 0 radical (unpaired) electrons. The number of carbonyl (C=O) groups is 1. The quantitative estimate of drug-likeness (QED) is 0.863. The van der Waals surface area contributed by atoms with Crippen LogP contribution < -0.4 is 10.1 Å². The molecular formula is C10H11NO2S2. The molecule has 1 heterocycles. The van der Waals surface area contributed by atoms with Gasteiger partial charge in [-0.15, -0.1) is 23.5 Å². The van der Waals surface area contributed by atoms with Gasteiger partial charge >= 0.3 is 6.09 Å². The number of hydrogen-bond acceptors (Lipinski definition) is 4. The maximum atomic E-state index is 11.4. The van der Waals surface area contributed by atoms with Crippen molar-refractivity contribution in [3.63, 3.8) is 0 Å². The number of carbonyl (C=O) groups excluding carboxylic acids is 1. The summed E-state index contributed by atoms with van der Waals surface area (Å²) in [6.07, 6.45) is -0.381. The lowest BCUT2D eigenvalue weighted by Gasteiger charge is -2.10. The first kappa shape index (κ1) is 10.7. The van der Waals surface area contributed by atoms with Gasteiger partial charge < -0.3 is 10.1 Å². The highest BCUT2D eigenvalue weighted by molar-refractivity contribution is 8.20. The second-order valence-electron chi connectivity index (χ2n) is 2.92. The average molecular weight is 241 g/mol. The molecule has 2 rings (SSSR count). The molecule has 0 bridgehead atoms. The summed E-state index contributed by atoms with van der Waals surface area (Å²) in [6, 6.07) is 9.07. The Kier molecular flexibility index (Phi) is 3.80. The molecule has 1 aliphatic rings. The lowest BCUT2D eigenvalue weighted by Crippen LogP contribution is -2.31. The third-order valence-corrected chi connectivity index (χ3v) is 4.61. The van der Waals surface area contributed by atoms with Crippen molar-refractivity contribution < 1.29 is 9.53 Å². The molecule has 0 unspecified atom stereocenters. The van der Waals surface area contributed by atoms with E-state index >= 15 is 0 Å². The van der Waals surface area contributed by atoms with Crippen molar-refractivity contribution in [2.45, 2.75) is 4.71 Å². The fourth-order valence-corrected chi connectivity index (χ4v) is 3.68. The second kappa shape index (κ2) is 5.32. The highest BCUT2D eigenvalue weighted by atomic mass is 32.2. The van der Waals surface area contributed by atoms with Gasteiger partial charge in [0, 0.05) is 11.5 Å². The van der Waals surface area contributed by atoms with E-state index in [4.69, 9.17) is 4.74 Å². The number of benzene rings is 1. The lowest BCUT2D eigenvalue weighted by atomic mass is 10.3. The van der Waals surface area contributed by atoms with Gasteiger partial charge in [-0.3, -0.25) is 0 Å². The van der Waals surface area contributed by atoms with E-state index in [0.717, 1.165) is 11.5 Å². The minimum atomic E-state index is -0.381. The predicted molar refractivity (Wildman–Crippen MR) is 64.3 cm³/mol. The van der Waals surface area contributed by atoms with E-state index in [-0.39, 0.29) is 10.8 Å². The molecular weight excluding hydrogens is 230 g/mol. The number of para-hydroxylation sites is 1. The van der Waals surface area contributed by atoms with Gasteiger partial charge in [-0.05, 0) is 12.1 Å². The normalized spacial score (nSPS) is 16.3. The van der Waals surface area contributed by atoms with Crippen molar-refractivity contribution in [3.8, 4) is 5.75 Å². The summed E-state index contributed by atoms with van der Waals surface area (Å²) in [4.78, 5) is 11.4. The maximum absolute atomic E-state index is 11.4. The highest BCUT2D eigenvalue weighted by Crippen LogP contribution is 2.29. The monoisotopic (exact) mass is 241 g/mol. The first-order chi connectivity index (χ1) is 7.34. The van der Waals surface area contributed by atoms with Gasteiger partial charge in [0.2, 0.25) is 0 Å². The van der Waals surface area contributed by atoms with Crippen molar-refractivity contribution >= 4 is 29.6 Å². The Morgan fingerprint density at radius 1 is 1.27 bits per heavy atom. The minimum absolute atomic E-state index is 0.140. The molecule has 1 saturated heterocycles. The standard InChI is InChI=1S/C10H11NO2S2/c12-9(11-10-14-6-7-15-10)13-8-4-2-1-3-5-8/h1-5,10H,6-7H2,(H,11,12). The summed E-state index contributed by atoms with van der Waals surface area (Å²) in [5.74, 6) is 2.74. The van der Waals surface area contributed by atoms with Gasteiger partial charge in [0.15, 0.2) is 0 Å². The molecule has 5 heteroatoms. The number of hydrogen-bond donors (Lipinski definition) is 1. The molecule has 1 aliphatic heterocycles. The second-order valence-corrected chi connectivity index (χ2v) is 5.64. The summed E-state index contributed by atoms with van der Waals surface area (Å²) in [7, 11) is 0. The molecule has 1 N–H and O–H groups in total. The predicted octanol–water partition coefficient (Wildman–Crippen LogP) is 2.54. The zero-order valence-corrected chi connectivity index (χ0v) is 9.64. The van der Waals surface area contributed by atoms with Gasteiger partial charge in [-0.25, -0.2) is 4.79 Å². The SMILES string of the molecule is O=C(NC1SCCS1)Oc1ccccc1. The highest BCUT2D eigenvalue weighted by Gasteiger charge is 2.18. The van der Waals surface area contributed by atoms with Gasteiger partial charge in [0.05, 0.1) is 0 Å². The molecule has 0 aromatic heterocycles. The van der Waals surface area contributed by atoms with Crippen molar-refractivity contribution in [3.05, 3.63) is 30.3 Å². The Morgan fingerprint density at radius 3 is 2.60 bits per heavy atom. The van der Waals surface area contributed by atoms with Gasteiger partial charge in [-0.1, -0.05) is 18.2 Å². The van der Waals surface area contributed by atoms with E-state index in [1.165, 1.54) is 0 Å². The molecule has 0 saturated carbocycles. The van der Waals surface area contributed by atoms with Crippen LogP contribution >= 0.6 is 23.5 Å². The summed E-state index contributed by atoms with van der Waals surface area (Å²) in [6.45, 7) is 0. The molecule has 1 aromatic carbocycles. The van der Waals surface area contributed by atoms with Crippen LogP contribution in [0.4, 0.5) is 4.79 Å². The number of ether oxygens (including phenoxy) is 1. The Bertz CT molecular complexity index is 325. The Hall–Kier alpha value is -0.810. The Morgan fingerprint density at radius 2 is 1.93 bits per heavy atom. The first-order valence-electron chi connectivity index (χ1n) is 4.61. The summed E-state index contributed by atoms with van der Waals surface area (Å²) in [5, 5.41) is 2.79. The summed E-state index contributed by atoms with van der Waals surface area (Å²) < 4.78 is 5.24. The smallest absolute Gasteiger partial charge is 0.410 e. The fourth-order valence-electron chi connectivity index (χ4n) is 1.16. The van der Waals surface area contributed by atoms with E-state index in [1.54, 1.807) is 35.7 Å². The van der Waals surface area contributed by atoms with E-state index in [9.17, 15) is 4.79 Å². The van der Waals surface area contributed by atoms with E-state index in [1.807, 2.05) is 18.2 Å². The Labute approximate surface area is 97.0 Å². The van der Waals surface area contributed by atoms with Crippen LogP contribution in [0.2, 0.25) is 0 Å². The number of amides is 1.